The molecule has 118 valence electrons. The summed E-state index contributed by atoms with van der Waals surface area (Å²) in [5.41, 5.74) is 2.00. The van der Waals surface area contributed by atoms with Gasteiger partial charge in [-0.2, -0.15) is 0 Å². The van der Waals surface area contributed by atoms with Gasteiger partial charge in [0.1, 0.15) is 0 Å². The number of amides is 1. The van der Waals surface area contributed by atoms with E-state index in [0.717, 1.165) is 5.52 Å². The molecule has 0 fully saturated rings. The molecular weight excluding hydrogens is 316 g/mol. The first-order valence-electron chi connectivity index (χ1n) is 7.27. The molecule has 0 spiro atoms. The van der Waals surface area contributed by atoms with Gasteiger partial charge in [0.2, 0.25) is 5.91 Å². The van der Waals surface area contributed by atoms with Crippen LogP contribution in [0.3, 0.4) is 0 Å². The third kappa shape index (κ3) is 3.63. The van der Waals surface area contributed by atoms with Crippen molar-refractivity contribution in [1.82, 2.24) is 4.57 Å². The number of aromatic nitrogens is 1. The summed E-state index contributed by atoms with van der Waals surface area (Å²) in [4.78, 5) is 23.7. The van der Waals surface area contributed by atoms with Crippen molar-refractivity contribution in [2.24, 2.45) is 0 Å². The molecule has 5 nitrogen and oxygen atoms in total. The van der Waals surface area contributed by atoms with Gasteiger partial charge in [-0.15, -0.1) is 0 Å². The highest BCUT2D eigenvalue weighted by atomic mass is 35.5. The largest absolute Gasteiger partial charge is 0.419 e. The SMILES string of the molecule is O=C(CCCn1c(=O)oc2ccccc21)Nc1ccc(Cl)cc1. The summed E-state index contributed by atoms with van der Waals surface area (Å²) < 4.78 is 6.70. The highest BCUT2D eigenvalue weighted by Gasteiger charge is 2.09. The van der Waals surface area contributed by atoms with Crippen LogP contribution in [0, 0.1) is 0 Å². The molecule has 0 saturated heterocycles. The molecule has 1 amide bonds. The van der Waals surface area contributed by atoms with Crippen LogP contribution in [0.25, 0.3) is 11.1 Å². The quantitative estimate of drug-likeness (QED) is 0.776. The normalized spacial score (nSPS) is 10.8. The van der Waals surface area contributed by atoms with Crippen molar-refractivity contribution in [3.8, 4) is 0 Å². The summed E-state index contributed by atoms with van der Waals surface area (Å²) in [6, 6.07) is 14.2. The van der Waals surface area contributed by atoms with Gasteiger partial charge in [0.15, 0.2) is 5.58 Å². The third-order valence-corrected chi connectivity index (χ3v) is 3.74. The van der Waals surface area contributed by atoms with Crippen LogP contribution < -0.4 is 11.1 Å². The summed E-state index contributed by atoms with van der Waals surface area (Å²) in [5.74, 6) is -0.502. The van der Waals surface area contributed by atoms with Crippen LogP contribution in [-0.2, 0) is 11.3 Å². The van der Waals surface area contributed by atoms with Gasteiger partial charge in [-0.1, -0.05) is 23.7 Å². The fourth-order valence-corrected chi connectivity index (χ4v) is 2.51. The minimum Gasteiger partial charge on any atom is -0.408 e. The molecule has 0 aliphatic rings. The molecule has 0 bridgehead atoms. The number of carbonyl (C=O) groups is 1. The number of nitrogens with zero attached hydrogens (tertiary/aromatic N) is 1. The van der Waals surface area contributed by atoms with E-state index in [4.69, 9.17) is 16.0 Å². The first-order valence-corrected chi connectivity index (χ1v) is 7.65. The lowest BCUT2D eigenvalue weighted by atomic mass is 10.2. The van der Waals surface area contributed by atoms with E-state index in [9.17, 15) is 9.59 Å². The van der Waals surface area contributed by atoms with Gasteiger partial charge in [-0.3, -0.25) is 9.36 Å². The Bertz CT molecular complexity index is 881. The molecule has 1 aromatic heterocycles. The predicted octanol–water partition coefficient (Wildman–Crippen LogP) is 3.67. The van der Waals surface area contributed by atoms with Crippen LogP contribution in [0.4, 0.5) is 5.69 Å². The average Bonchev–Trinajstić information content (AvgIpc) is 2.86. The minimum atomic E-state index is -0.399. The molecule has 3 rings (SSSR count). The van der Waals surface area contributed by atoms with Crippen molar-refractivity contribution in [1.29, 1.82) is 0 Å². The fourth-order valence-electron chi connectivity index (χ4n) is 2.38. The average molecular weight is 331 g/mol. The van der Waals surface area contributed by atoms with Gasteiger partial charge in [0.25, 0.3) is 0 Å². The number of aryl methyl sites for hydroxylation is 1. The Morgan fingerprint density at radius 3 is 2.65 bits per heavy atom. The van der Waals surface area contributed by atoms with E-state index >= 15 is 0 Å². The molecule has 23 heavy (non-hydrogen) atoms. The number of hydrogen-bond acceptors (Lipinski definition) is 3. The van der Waals surface area contributed by atoms with E-state index in [0.29, 0.717) is 35.7 Å². The van der Waals surface area contributed by atoms with E-state index in [2.05, 4.69) is 5.32 Å². The maximum atomic E-state index is 11.9. The van der Waals surface area contributed by atoms with Crippen LogP contribution in [0.1, 0.15) is 12.8 Å². The van der Waals surface area contributed by atoms with Crippen LogP contribution in [0.5, 0.6) is 0 Å². The van der Waals surface area contributed by atoms with Gasteiger partial charge >= 0.3 is 5.76 Å². The second-order valence-electron chi connectivity index (χ2n) is 5.15. The standard InChI is InChI=1S/C17H15ClN2O3/c18-12-7-9-13(10-8-12)19-16(21)6-3-11-20-14-4-1-2-5-15(14)23-17(20)22/h1-2,4-5,7-10H,3,6,11H2,(H,19,21). The molecule has 0 radical (unpaired) electrons. The third-order valence-electron chi connectivity index (χ3n) is 3.49. The number of fused-ring (bicyclic) bond motifs is 1. The molecule has 6 heteroatoms. The van der Waals surface area contributed by atoms with Gasteiger partial charge < -0.3 is 9.73 Å². The number of rotatable bonds is 5. The molecule has 0 aliphatic heterocycles. The van der Waals surface area contributed by atoms with Gasteiger partial charge in [-0.05, 0) is 42.8 Å². The number of oxazole rings is 1. The zero-order chi connectivity index (χ0) is 16.2. The molecule has 0 saturated carbocycles. The number of hydrogen-bond donors (Lipinski definition) is 1. The molecule has 0 aliphatic carbocycles. The maximum absolute atomic E-state index is 11.9. The van der Waals surface area contributed by atoms with Crippen molar-refractivity contribution in [3.05, 3.63) is 64.1 Å². The molecule has 0 atom stereocenters. The second kappa shape index (κ2) is 6.71. The first-order chi connectivity index (χ1) is 11.1. The first kappa shape index (κ1) is 15.4. The molecule has 2 aromatic carbocycles. The zero-order valence-corrected chi connectivity index (χ0v) is 13.0. The highest BCUT2D eigenvalue weighted by Crippen LogP contribution is 2.15. The van der Waals surface area contributed by atoms with E-state index in [1.54, 1.807) is 34.9 Å². The highest BCUT2D eigenvalue weighted by molar-refractivity contribution is 6.30. The van der Waals surface area contributed by atoms with Crippen molar-refractivity contribution < 1.29 is 9.21 Å². The Morgan fingerprint density at radius 1 is 1.13 bits per heavy atom. The Morgan fingerprint density at radius 2 is 1.87 bits per heavy atom. The lowest BCUT2D eigenvalue weighted by Gasteiger charge is -2.05. The van der Waals surface area contributed by atoms with Gasteiger partial charge in [-0.25, -0.2) is 4.79 Å². The number of nitrogens with one attached hydrogen (secondary N) is 1. The van der Waals surface area contributed by atoms with Crippen molar-refractivity contribution >= 4 is 34.3 Å². The summed E-state index contributed by atoms with van der Waals surface area (Å²) in [6.45, 7) is 0.434. The topological polar surface area (TPSA) is 64.2 Å². The molecule has 3 aromatic rings. The number of para-hydroxylation sites is 2. The summed E-state index contributed by atoms with van der Waals surface area (Å²) in [7, 11) is 0. The summed E-state index contributed by atoms with van der Waals surface area (Å²) in [6.07, 6.45) is 0.859. The van der Waals surface area contributed by atoms with E-state index in [1.165, 1.54) is 0 Å². The van der Waals surface area contributed by atoms with Crippen molar-refractivity contribution in [2.45, 2.75) is 19.4 Å². The lowest BCUT2D eigenvalue weighted by molar-refractivity contribution is -0.116. The molecule has 0 unspecified atom stereocenters. The Kier molecular flexibility index (Phi) is 4.48. The lowest BCUT2D eigenvalue weighted by Crippen LogP contribution is -2.17. The molecular formula is C17H15ClN2O3. The molecule has 1 heterocycles. The second-order valence-corrected chi connectivity index (χ2v) is 5.58. The smallest absolute Gasteiger partial charge is 0.408 e. The Hall–Kier alpha value is -2.53. The predicted molar refractivity (Wildman–Crippen MR) is 89.8 cm³/mol. The maximum Gasteiger partial charge on any atom is 0.419 e. The minimum absolute atomic E-state index is 0.104. The van der Waals surface area contributed by atoms with E-state index in [-0.39, 0.29) is 5.91 Å². The number of benzene rings is 2. The monoisotopic (exact) mass is 330 g/mol. The van der Waals surface area contributed by atoms with Gasteiger partial charge in [0.05, 0.1) is 5.52 Å². The zero-order valence-electron chi connectivity index (χ0n) is 12.3. The van der Waals surface area contributed by atoms with Crippen LogP contribution in [0.15, 0.2) is 57.7 Å². The van der Waals surface area contributed by atoms with Crippen molar-refractivity contribution in [3.63, 3.8) is 0 Å². The van der Waals surface area contributed by atoms with Crippen molar-refractivity contribution in [2.75, 3.05) is 5.32 Å². The molecule has 1 N–H and O–H groups in total. The van der Waals surface area contributed by atoms with Gasteiger partial charge in [0, 0.05) is 23.7 Å². The fraction of sp³-hybridized carbons (Fsp3) is 0.176. The summed E-state index contributed by atoms with van der Waals surface area (Å²) >= 11 is 5.80. The number of anilines is 1. The number of carbonyl (C=O) groups excluding carboxylic acids is 1. The number of halogens is 1. The van der Waals surface area contributed by atoms with Crippen LogP contribution >= 0.6 is 11.6 Å². The van der Waals surface area contributed by atoms with E-state index in [1.807, 2.05) is 18.2 Å². The van der Waals surface area contributed by atoms with Crippen LogP contribution in [-0.4, -0.2) is 10.5 Å². The Balaban J connectivity index is 1.58. The van der Waals surface area contributed by atoms with Crippen LogP contribution in [0.2, 0.25) is 5.02 Å². The van der Waals surface area contributed by atoms with E-state index < -0.39 is 5.76 Å². The Labute approximate surface area is 137 Å². The summed E-state index contributed by atoms with van der Waals surface area (Å²) in [5, 5.41) is 3.41.